The lowest BCUT2D eigenvalue weighted by molar-refractivity contribution is -0.699. The Kier molecular flexibility index (Phi) is 2.64. The minimum Gasteiger partial charge on any atom is -0.305 e. The SMILES string of the molecule is C=Cc1cc(C)c(C)[c-][n+]1CC. The minimum absolute atomic E-state index is 0.947. The van der Waals surface area contributed by atoms with Crippen molar-refractivity contribution >= 4 is 6.08 Å². The van der Waals surface area contributed by atoms with Crippen LogP contribution < -0.4 is 4.57 Å². The molecule has 1 aromatic heterocycles. The summed E-state index contributed by atoms with van der Waals surface area (Å²) >= 11 is 0. The van der Waals surface area contributed by atoms with Gasteiger partial charge in [0.2, 0.25) is 0 Å². The standard InChI is InChI=1S/C11H15N/c1-5-11-7-9(3)10(4)8-12(11)6-2/h5,7H,1,6H2,2-4H3. The summed E-state index contributed by atoms with van der Waals surface area (Å²) in [7, 11) is 0. The quantitative estimate of drug-likeness (QED) is 0.461. The lowest BCUT2D eigenvalue weighted by atomic mass is 10.1. The van der Waals surface area contributed by atoms with Crippen molar-refractivity contribution in [2.45, 2.75) is 27.3 Å². The largest absolute Gasteiger partial charge is 0.305 e. The van der Waals surface area contributed by atoms with Crippen molar-refractivity contribution in [1.82, 2.24) is 0 Å². The predicted octanol–water partition coefficient (Wildman–Crippen LogP) is 2.05. The summed E-state index contributed by atoms with van der Waals surface area (Å²) in [4.78, 5) is 0. The second-order valence-electron chi connectivity index (χ2n) is 2.94. The maximum absolute atomic E-state index is 3.77. The summed E-state index contributed by atoms with van der Waals surface area (Å²) in [5.74, 6) is 0. The fourth-order valence-corrected chi connectivity index (χ4v) is 1.19. The molecule has 1 nitrogen and oxygen atoms in total. The lowest BCUT2D eigenvalue weighted by Gasteiger charge is -2.10. The van der Waals surface area contributed by atoms with Gasteiger partial charge in [-0.15, -0.1) is 12.1 Å². The van der Waals surface area contributed by atoms with Crippen LogP contribution in [0.2, 0.25) is 0 Å². The van der Waals surface area contributed by atoms with Gasteiger partial charge in [0, 0.05) is 0 Å². The van der Waals surface area contributed by atoms with Crippen LogP contribution in [-0.4, -0.2) is 0 Å². The highest BCUT2D eigenvalue weighted by Crippen LogP contribution is 2.05. The van der Waals surface area contributed by atoms with Crippen molar-refractivity contribution in [2.75, 3.05) is 0 Å². The monoisotopic (exact) mass is 161 g/mol. The van der Waals surface area contributed by atoms with Crippen molar-refractivity contribution in [1.29, 1.82) is 0 Å². The first kappa shape index (κ1) is 8.98. The fourth-order valence-electron chi connectivity index (χ4n) is 1.19. The molecule has 12 heavy (non-hydrogen) atoms. The van der Waals surface area contributed by atoms with Gasteiger partial charge in [-0.3, -0.25) is 0 Å². The molecular weight excluding hydrogens is 146 g/mol. The van der Waals surface area contributed by atoms with Crippen molar-refractivity contribution in [3.05, 3.63) is 35.7 Å². The van der Waals surface area contributed by atoms with Crippen molar-refractivity contribution in [3.63, 3.8) is 0 Å². The molecule has 0 aliphatic carbocycles. The van der Waals surface area contributed by atoms with E-state index in [0.717, 1.165) is 12.2 Å². The van der Waals surface area contributed by atoms with Gasteiger partial charge in [-0.05, 0) is 6.92 Å². The summed E-state index contributed by atoms with van der Waals surface area (Å²) in [6.07, 6.45) is 5.16. The molecule has 0 aliphatic heterocycles. The first-order valence-corrected chi connectivity index (χ1v) is 4.24. The van der Waals surface area contributed by atoms with E-state index in [1.807, 2.05) is 6.08 Å². The van der Waals surface area contributed by atoms with Crippen LogP contribution in [-0.2, 0) is 6.54 Å². The third-order valence-corrected chi connectivity index (χ3v) is 2.10. The topological polar surface area (TPSA) is 3.88 Å². The van der Waals surface area contributed by atoms with Crippen molar-refractivity contribution in [3.8, 4) is 0 Å². The van der Waals surface area contributed by atoms with Gasteiger partial charge >= 0.3 is 0 Å². The van der Waals surface area contributed by atoms with E-state index in [2.05, 4.69) is 44.2 Å². The average Bonchev–Trinajstić information content (AvgIpc) is 2.09. The maximum atomic E-state index is 3.77. The van der Waals surface area contributed by atoms with Gasteiger partial charge in [0.05, 0.1) is 5.69 Å². The van der Waals surface area contributed by atoms with E-state index < -0.39 is 0 Å². The van der Waals surface area contributed by atoms with Crippen LogP contribution in [0.4, 0.5) is 0 Å². The number of aromatic nitrogens is 1. The maximum Gasteiger partial charge on any atom is 0.123 e. The van der Waals surface area contributed by atoms with Gasteiger partial charge < -0.3 is 4.57 Å². The molecule has 1 aromatic rings. The van der Waals surface area contributed by atoms with Gasteiger partial charge in [-0.25, -0.2) is 0 Å². The number of pyridine rings is 1. The van der Waals surface area contributed by atoms with Crippen LogP contribution in [0.3, 0.4) is 0 Å². The molecule has 0 aliphatic rings. The molecule has 1 rings (SSSR count). The third-order valence-electron chi connectivity index (χ3n) is 2.10. The van der Waals surface area contributed by atoms with E-state index in [0.29, 0.717) is 0 Å². The molecule has 0 aromatic carbocycles. The zero-order valence-corrected chi connectivity index (χ0v) is 8.02. The molecule has 1 heterocycles. The summed E-state index contributed by atoms with van der Waals surface area (Å²) in [5.41, 5.74) is 3.62. The second kappa shape index (κ2) is 3.53. The summed E-state index contributed by atoms with van der Waals surface area (Å²) in [6, 6.07) is 2.14. The van der Waals surface area contributed by atoms with E-state index in [-0.39, 0.29) is 0 Å². The Morgan fingerprint density at radius 3 is 2.75 bits per heavy atom. The van der Waals surface area contributed by atoms with E-state index in [1.165, 1.54) is 11.1 Å². The smallest absolute Gasteiger partial charge is 0.123 e. The zero-order chi connectivity index (χ0) is 9.14. The number of rotatable bonds is 2. The molecule has 1 heteroatoms. The molecule has 0 unspecified atom stereocenters. The molecule has 0 N–H and O–H groups in total. The van der Waals surface area contributed by atoms with E-state index in [4.69, 9.17) is 0 Å². The van der Waals surface area contributed by atoms with Gasteiger partial charge in [0.25, 0.3) is 0 Å². The third kappa shape index (κ3) is 1.55. The molecule has 0 bridgehead atoms. The molecule has 0 fully saturated rings. The highest BCUT2D eigenvalue weighted by molar-refractivity contribution is 5.40. The summed E-state index contributed by atoms with van der Waals surface area (Å²) in [6.45, 7) is 11.0. The highest BCUT2D eigenvalue weighted by atomic mass is 14.9. The lowest BCUT2D eigenvalue weighted by Crippen LogP contribution is -2.36. The normalized spacial score (nSPS) is 9.92. The zero-order valence-electron chi connectivity index (χ0n) is 8.02. The van der Waals surface area contributed by atoms with Crippen LogP contribution in [0.25, 0.3) is 6.08 Å². The first-order chi connectivity index (χ1) is 5.69. The van der Waals surface area contributed by atoms with Crippen LogP contribution in [0.1, 0.15) is 23.7 Å². The summed E-state index contributed by atoms with van der Waals surface area (Å²) in [5, 5.41) is 0. The second-order valence-corrected chi connectivity index (χ2v) is 2.94. The Morgan fingerprint density at radius 1 is 1.58 bits per heavy atom. The molecule has 0 amide bonds. The Balaban J connectivity index is 3.28. The van der Waals surface area contributed by atoms with Gasteiger partial charge in [-0.1, -0.05) is 31.6 Å². The summed E-state index contributed by atoms with van der Waals surface area (Å²) < 4.78 is 2.08. The number of hydrogen-bond donors (Lipinski definition) is 0. The van der Waals surface area contributed by atoms with Crippen molar-refractivity contribution < 1.29 is 4.57 Å². The van der Waals surface area contributed by atoms with Crippen LogP contribution in [0.5, 0.6) is 0 Å². The number of nitrogens with zero attached hydrogens (tertiary/aromatic N) is 1. The predicted molar refractivity (Wildman–Crippen MR) is 50.7 cm³/mol. The molecule has 0 saturated carbocycles. The van der Waals surface area contributed by atoms with E-state index >= 15 is 0 Å². The highest BCUT2D eigenvalue weighted by Gasteiger charge is 1.98. The van der Waals surface area contributed by atoms with Crippen molar-refractivity contribution in [2.24, 2.45) is 0 Å². The fraction of sp³-hybridized carbons (Fsp3) is 0.364. The Hall–Kier alpha value is -1.11. The molecule has 0 atom stereocenters. The van der Waals surface area contributed by atoms with Crippen LogP contribution in [0, 0.1) is 20.0 Å². The molecule has 64 valence electrons. The Labute approximate surface area is 74.4 Å². The number of aryl methyl sites for hydroxylation is 3. The average molecular weight is 161 g/mol. The molecular formula is C11H15N. The number of hydrogen-bond acceptors (Lipinski definition) is 0. The minimum atomic E-state index is 0.947. The molecule has 0 saturated heterocycles. The first-order valence-electron chi connectivity index (χ1n) is 4.24. The van der Waals surface area contributed by atoms with Crippen LogP contribution >= 0.6 is 0 Å². The van der Waals surface area contributed by atoms with Gasteiger partial charge in [0.1, 0.15) is 12.7 Å². The van der Waals surface area contributed by atoms with E-state index in [9.17, 15) is 0 Å². The Morgan fingerprint density at radius 2 is 2.25 bits per heavy atom. The molecule has 0 radical (unpaired) electrons. The van der Waals surface area contributed by atoms with Gasteiger partial charge in [-0.2, -0.15) is 0 Å². The molecule has 0 spiro atoms. The van der Waals surface area contributed by atoms with Crippen LogP contribution in [0.15, 0.2) is 12.6 Å². The Bertz CT molecular complexity index is 300. The van der Waals surface area contributed by atoms with Gasteiger partial charge in [0.15, 0.2) is 0 Å². The van der Waals surface area contributed by atoms with E-state index in [1.54, 1.807) is 0 Å².